The van der Waals surface area contributed by atoms with Crippen LogP contribution in [0.25, 0.3) is 0 Å². The van der Waals surface area contributed by atoms with Gasteiger partial charge in [-0.2, -0.15) is 0 Å². The fourth-order valence-electron chi connectivity index (χ4n) is 0.462. The summed E-state index contributed by atoms with van der Waals surface area (Å²) in [6.45, 7) is 0. The van der Waals surface area contributed by atoms with Crippen molar-refractivity contribution in [1.29, 1.82) is 0 Å². The third-order valence-corrected chi connectivity index (χ3v) is 0.859. The Morgan fingerprint density at radius 1 is 1.75 bits per heavy atom. The molecule has 0 aromatic carbocycles. The summed E-state index contributed by atoms with van der Waals surface area (Å²) in [5.74, 6) is 0.799. The molecule has 0 aliphatic rings. The molecule has 0 saturated heterocycles. The lowest BCUT2D eigenvalue weighted by Gasteiger charge is -1.83. The molecule has 1 N–H and O–H groups in total. The van der Waals surface area contributed by atoms with Crippen LogP contribution in [0.3, 0.4) is 0 Å². The van der Waals surface area contributed by atoms with Gasteiger partial charge in [-0.1, -0.05) is 5.21 Å². The maximum Gasteiger partial charge on any atom is 0.168 e. The average molecular weight is 112 g/mol. The number of hydrogen-bond donors (Lipinski definition) is 1. The van der Waals surface area contributed by atoms with Crippen LogP contribution in [0.2, 0.25) is 0 Å². The van der Waals surface area contributed by atoms with Crippen LogP contribution in [0.4, 0.5) is 5.82 Å². The summed E-state index contributed by atoms with van der Waals surface area (Å²) >= 11 is 0. The lowest BCUT2D eigenvalue weighted by molar-refractivity contribution is 0.715. The molecule has 44 valence electrons. The van der Waals surface area contributed by atoms with Gasteiger partial charge in [-0.05, 0) is 0 Å². The largest absolute Gasteiger partial charge is 0.370 e. The molecule has 0 spiro atoms. The molecule has 4 heteroatoms. The van der Waals surface area contributed by atoms with Crippen molar-refractivity contribution in [3.05, 3.63) is 6.20 Å². The van der Waals surface area contributed by atoms with Crippen molar-refractivity contribution in [2.24, 2.45) is 7.05 Å². The first-order valence-electron chi connectivity index (χ1n) is 2.37. The maximum atomic E-state index is 3.74. The monoisotopic (exact) mass is 112 g/mol. The highest BCUT2D eigenvalue weighted by atomic mass is 15.4. The second-order valence-corrected chi connectivity index (χ2v) is 1.53. The number of rotatable bonds is 1. The Morgan fingerprint density at radius 3 is 2.75 bits per heavy atom. The van der Waals surface area contributed by atoms with E-state index in [0.29, 0.717) is 0 Å². The van der Waals surface area contributed by atoms with E-state index in [1.807, 2.05) is 14.1 Å². The number of nitrogens with one attached hydrogen (secondary N) is 1. The highest BCUT2D eigenvalue weighted by molar-refractivity contribution is 5.27. The van der Waals surface area contributed by atoms with Crippen molar-refractivity contribution < 1.29 is 0 Å². The van der Waals surface area contributed by atoms with Crippen molar-refractivity contribution in [3.8, 4) is 0 Å². The molecule has 4 nitrogen and oxygen atoms in total. The molecule has 0 aliphatic carbocycles. The van der Waals surface area contributed by atoms with Crippen molar-refractivity contribution in [3.63, 3.8) is 0 Å². The van der Waals surface area contributed by atoms with E-state index in [9.17, 15) is 0 Å². The molecule has 8 heavy (non-hydrogen) atoms. The van der Waals surface area contributed by atoms with Gasteiger partial charge in [-0.25, -0.2) is 0 Å². The van der Waals surface area contributed by atoms with Crippen molar-refractivity contribution in [2.75, 3.05) is 12.4 Å². The van der Waals surface area contributed by atoms with Gasteiger partial charge in [0.1, 0.15) is 0 Å². The summed E-state index contributed by atoms with van der Waals surface area (Å²) < 4.78 is 1.64. The van der Waals surface area contributed by atoms with E-state index in [0.717, 1.165) is 5.82 Å². The molecule has 0 fully saturated rings. The topological polar surface area (TPSA) is 42.7 Å². The standard InChI is InChI=1S/C4H8N4/c1-5-4-3-8(2)7-6-4/h3,5H,1-2H3. The van der Waals surface area contributed by atoms with Crippen molar-refractivity contribution in [1.82, 2.24) is 15.0 Å². The van der Waals surface area contributed by atoms with Gasteiger partial charge in [0, 0.05) is 14.1 Å². The Bertz CT molecular complexity index is 168. The first-order valence-corrected chi connectivity index (χ1v) is 2.37. The van der Waals surface area contributed by atoms with Gasteiger partial charge in [-0.15, -0.1) is 5.10 Å². The van der Waals surface area contributed by atoms with E-state index >= 15 is 0 Å². The van der Waals surface area contributed by atoms with Crippen LogP contribution in [0.15, 0.2) is 6.20 Å². The van der Waals surface area contributed by atoms with Gasteiger partial charge in [0.15, 0.2) is 5.82 Å². The lowest BCUT2D eigenvalue weighted by Crippen LogP contribution is -1.85. The zero-order valence-electron chi connectivity index (χ0n) is 4.92. The predicted octanol–water partition coefficient (Wildman–Crippen LogP) is -0.143. The molecule has 0 radical (unpaired) electrons. The first kappa shape index (κ1) is 5.08. The molecule has 1 rings (SSSR count). The summed E-state index contributed by atoms with van der Waals surface area (Å²) in [5, 5.41) is 10.3. The number of anilines is 1. The zero-order valence-corrected chi connectivity index (χ0v) is 4.92. The van der Waals surface area contributed by atoms with Crippen molar-refractivity contribution in [2.45, 2.75) is 0 Å². The SMILES string of the molecule is CNc1cn(C)nn1. The Morgan fingerprint density at radius 2 is 2.50 bits per heavy atom. The van der Waals surface area contributed by atoms with E-state index < -0.39 is 0 Å². The molecular weight excluding hydrogens is 104 g/mol. The van der Waals surface area contributed by atoms with Gasteiger partial charge in [0.25, 0.3) is 0 Å². The molecular formula is C4H8N4. The Hall–Kier alpha value is -1.06. The molecule has 0 unspecified atom stereocenters. The number of nitrogens with zero attached hydrogens (tertiary/aromatic N) is 3. The van der Waals surface area contributed by atoms with Crippen LogP contribution in [-0.4, -0.2) is 22.0 Å². The Balaban J connectivity index is 2.84. The molecule has 1 aromatic rings. The lowest BCUT2D eigenvalue weighted by atomic mass is 10.7. The maximum absolute atomic E-state index is 3.74. The molecule has 0 bridgehead atoms. The summed E-state index contributed by atoms with van der Waals surface area (Å²) in [7, 11) is 3.64. The highest BCUT2D eigenvalue weighted by Crippen LogP contribution is 1.93. The fourth-order valence-corrected chi connectivity index (χ4v) is 0.462. The number of aryl methyl sites for hydroxylation is 1. The molecule has 1 aromatic heterocycles. The van der Waals surface area contributed by atoms with Crippen LogP contribution < -0.4 is 5.32 Å². The minimum Gasteiger partial charge on any atom is -0.370 e. The van der Waals surface area contributed by atoms with Gasteiger partial charge < -0.3 is 5.32 Å². The number of hydrogen-bond acceptors (Lipinski definition) is 3. The minimum atomic E-state index is 0.799. The third-order valence-electron chi connectivity index (χ3n) is 0.859. The van der Waals surface area contributed by atoms with Gasteiger partial charge in [0.2, 0.25) is 0 Å². The quantitative estimate of drug-likeness (QED) is 0.549. The smallest absolute Gasteiger partial charge is 0.168 e. The average Bonchev–Trinajstić information content (AvgIpc) is 2.14. The Kier molecular flexibility index (Phi) is 1.15. The van der Waals surface area contributed by atoms with E-state index in [4.69, 9.17) is 0 Å². The second kappa shape index (κ2) is 1.81. The molecule has 0 amide bonds. The molecule has 0 saturated carbocycles. The van der Waals surface area contributed by atoms with E-state index in [1.165, 1.54) is 0 Å². The Labute approximate surface area is 47.5 Å². The van der Waals surface area contributed by atoms with E-state index in [1.54, 1.807) is 10.9 Å². The first-order chi connectivity index (χ1) is 3.83. The third kappa shape index (κ3) is 0.776. The molecule has 0 aliphatic heterocycles. The van der Waals surface area contributed by atoms with E-state index in [-0.39, 0.29) is 0 Å². The predicted molar refractivity (Wildman–Crippen MR) is 30.5 cm³/mol. The van der Waals surface area contributed by atoms with Crippen LogP contribution in [-0.2, 0) is 7.05 Å². The minimum absolute atomic E-state index is 0.799. The highest BCUT2D eigenvalue weighted by Gasteiger charge is 1.88. The molecule has 1 heterocycles. The van der Waals surface area contributed by atoms with E-state index in [2.05, 4.69) is 15.6 Å². The molecule has 0 atom stereocenters. The number of aromatic nitrogens is 3. The summed E-state index contributed by atoms with van der Waals surface area (Å²) in [5.41, 5.74) is 0. The van der Waals surface area contributed by atoms with Crippen LogP contribution in [0, 0.1) is 0 Å². The van der Waals surface area contributed by atoms with Gasteiger partial charge in [-0.3, -0.25) is 4.68 Å². The normalized spacial score (nSPS) is 9.25. The zero-order chi connectivity index (χ0) is 5.98. The van der Waals surface area contributed by atoms with Gasteiger partial charge in [0.05, 0.1) is 6.20 Å². The summed E-state index contributed by atoms with van der Waals surface area (Å²) in [4.78, 5) is 0. The summed E-state index contributed by atoms with van der Waals surface area (Å²) in [6, 6.07) is 0. The summed E-state index contributed by atoms with van der Waals surface area (Å²) in [6.07, 6.45) is 1.81. The van der Waals surface area contributed by atoms with Crippen LogP contribution in [0.5, 0.6) is 0 Å². The second-order valence-electron chi connectivity index (χ2n) is 1.53. The van der Waals surface area contributed by atoms with Crippen LogP contribution in [0.1, 0.15) is 0 Å². The van der Waals surface area contributed by atoms with Crippen LogP contribution >= 0.6 is 0 Å². The van der Waals surface area contributed by atoms with Crippen molar-refractivity contribution >= 4 is 5.82 Å². The van der Waals surface area contributed by atoms with Gasteiger partial charge >= 0.3 is 0 Å². The fraction of sp³-hybridized carbons (Fsp3) is 0.500.